The third kappa shape index (κ3) is 6.16. The Morgan fingerprint density at radius 2 is 0.978 bits per heavy atom. The lowest BCUT2D eigenvalue weighted by Gasteiger charge is -2.19. The minimum Gasteiger partial charge on any atom is -0.471 e. The third-order valence-corrected chi connectivity index (χ3v) is 13.4. The molecule has 4 aromatic carbocycles. The fourth-order valence-electron chi connectivity index (χ4n) is 5.15. The summed E-state index contributed by atoms with van der Waals surface area (Å²) < 4.78 is 35.3. The number of hydrogen-bond acceptors (Lipinski definition) is 7. The Hall–Kier alpha value is -5.22. The molecule has 0 spiro atoms. The van der Waals surface area contributed by atoms with Crippen molar-refractivity contribution in [2.75, 3.05) is 0 Å². The van der Waals surface area contributed by atoms with Crippen molar-refractivity contribution in [3.8, 4) is 0 Å². The fraction of sp³-hybridized carbons (Fsp3) is 0.0270. The Morgan fingerprint density at radius 1 is 0.565 bits per heavy atom. The van der Waals surface area contributed by atoms with E-state index in [0.717, 1.165) is 5.56 Å². The molecule has 9 heteroatoms. The van der Waals surface area contributed by atoms with Crippen molar-refractivity contribution in [2.24, 2.45) is 10.2 Å². The molecule has 0 aliphatic rings. The van der Waals surface area contributed by atoms with E-state index in [9.17, 15) is 9.13 Å². The maximum absolute atomic E-state index is 14.6. The van der Waals surface area contributed by atoms with Gasteiger partial charge in [0.2, 0.25) is 5.90 Å². The van der Waals surface area contributed by atoms with E-state index in [4.69, 9.17) is 4.74 Å². The SMILES string of the molecule is C=N/N=C(\OCc1ccc(P(=O)(c2ccccc2)c2ccccc2)nc1)c1ccc(P(=O)(c2ccccc2)c2ccccc2)nc1. The second-order valence-electron chi connectivity index (χ2n) is 10.3. The van der Waals surface area contributed by atoms with Gasteiger partial charge in [-0.1, -0.05) is 127 Å². The van der Waals surface area contributed by atoms with Gasteiger partial charge in [-0.2, -0.15) is 5.10 Å². The number of aromatic nitrogens is 2. The van der Waals surface area contributed by atoms with Gasteiger partial charge in [0.1, 0.15) is 17.5 Å². The van der Waals surface area contributed by atoms with Gasteiger partial charge in [-0.25, -0.2) is 0 Å². The highest BCUT2D eigenvalue weighted by Crippen LogP contribution is 2.42. The van der Waals surface area contributed by atoms with Crippen LogP contribution in [0.15, 0.2) is 168 Å². The first-order valence-electron chi connectivity index (χ1n) is 14.5. The molecule has 226 valence electrons. The molecule has 6 rings (SSSR count). The molecule has 0 fully saturated rings. The number of pyridine rings is 2. The van der Waals surface area contributed by atoms with Crippen LogP contribution in [0, 0.1) is 0 Å². The quantitative estimate of drug-likeness (QED) is 0.0873. The molecule has 0 N–H and O–H groups in total. The Kier molecular flexibility index (Phi) is 9.25. The van der Waals surface area contributed by atoms with Gasteiger partial charge in [-0.15, -0.1) is 5.10 Å². The van der Waals surface area contributed by atoms with E-state index >= 15 is 0 Å². The zero-order valence-corrected chi connectivity index (χ0v) is 26.6. The van der Waals surface area contributed by atoms with Crippen LogP contribution in [0.1, 0.15) is 11.1 Å². The summed E-state index contributed by atoms with van der Waals surface area (Å²) in [5.41, 5.74) is 2.22. The molecule has 2 heterocycles. The molecule has 0 radical (unpaired) electrons. The van der Waals surface area contributed by atoms with Gasteiger partial charge in [-0.05, 0) is 18.2 Å². The lowest BCUT2D eigenvalue weighted by molar-refractivity contribution is 0.292. The van der Waals surface area contributed by atoms with E-state index in [1.807, 2.05) is 127 Å². The number of benzene rings is 4. The highest BCUT2D eigenvalue weighted by Gasteiger charge is 2.32. The Labute approximate surface area is 268 Å². The van der Waals surface area contributed by atoms with Crippen LogP contribution < -0.4 is 32.1 Å². The van der Waals surface area contributed by atoms with Gasteiger partial charge in [0.05, 0.1) is 5.56 Å². The van der Waals surface area contributed by atoms with Gasteiger partial charge in [-0.3, -0.25) is 9.97 Å². The molecule has 0 atom stereocenters. The number of nitrogens with zero attached hydrogens (tertiary/aromatic N) is 4. The van der Waals surface area contributed by atoms with Crippen molar-refractivity contribution in [3.05, 3.63) is 169 Å². The van der Waals surface area contributed by atoms with Crippen LogP contribution in [-0.2, 0) is 20.5 Å². The average Bonchev–Trinajstić information content (AvgIpc) is 3.14. The molecule has 0 saturated heterocycles. The molecule has 2 aromatic heterocycles. The van der Waals surface area contributed by atoms with E-state index in [1.54, 1.807) is 30.6 Å². The van der Waals surface area contributed by atoms with Gasteiger partial charge in [0.15, 0.2) is 14.3 Å². The maximum atomic E-state index is 14.6. The van der Waals surface area contributed by atoms with Gasteiger partial charge >= 0.3 is 0 Å². The highest BCUT2D eigenvalue weighted by atomic mass is 31.2. The first-order chi connectivity index (χ1) is 22.5. The fourth-order valence-corrected chi connectivity index (χ4v) is 10.2. The number of ether oxygens (including phenoxy) is 1. The van der Waals surface area contributed by atoms with Gasteiger partial charge < -0.3 is 13.9 Å². The van der Waals surface area contributed by atoms with Crippen LogP contribution in [0.2, 0.25) is 0 Å². The lowest BCUT2D eigenvalue weighted by Crippen LogP contribution is -2.27. The summed E-state index contributed by atoms with van der Waals surface area (Å²) in [5.74, 6) is 0.201. The van der Waals surface area contributed by atoms with Crippen molar-refractivity contribution >= 4 is 59.0 Å². The van der Waals surface area contributed by atoms with E-state index in [-0.39, 0.29) is 12.5 Å². The zero-order valence-electron chi connectivity index (χ0n) is 24.8. The first-order valence-corrected chi connectivity index (χ1v) is 18.0. The van der Waals surface area contributed by atoms with Crippen molar-refractivity contribution < 1.29 is 13.9 Å². The standard InChI is InChI=1S/C37H30N4O3P2/c1-38-41-37(30-23-25-36(40-27-30)46(43,33-18-10-4-11-19-33)34-20-12-5-13-21-34)44-28-29-22-24-35(39-26-29)45(42,31-14-6-2-7-15-31)32-16-8-3-9-17-32/h2-27H,1,28H2/b41-37-. The minimum atomic E-state index is -3.23. The maximum Gasteiger partial charge on any atom is 0.242 e. The molecule has 46 heavy (non-hydrogen) atoms. The normalized spacial score (nSPS) is 12.0. The molecule has 0 unspecified atom stereocenters. The van der Waals surface area contributed by atoms with E-state index < -0.39 is 14.3 Å². The molecular formula is C37H30N4O3P2. The highest BCUT2D eigenvalue weighted by molar-refractivity contribution is 7.85. The summed E-state index contributed by atoms with van der Waals surface area (Å²) in [7, 11) is -6.41. The number of hydrogen-bond donors (Lipinski definition) is 0. The third-order valence-electron chi connectivity index (χ3n) is 7.47. The van der Waals surface area contributed by atoms with Gasteiger partial charge in [0.25, 0.3) is 0 Å². The summed E-state index contributed by atoms with van der Waals surface area (Å²) in [5, 5.41) is 10.6. The minimum absolute atomic E-state index is 0.122. The topological polar surface area (TPSA) is 93.9 Å². The molecule has 0 bridgehead atoms. The molecule has 0 aliphatic heterocycles. The summed E-state index contributed by atoms with van der Waals surface area (Å²) >= 11 is 0. The second kappa shape index (κ2) is 13.8. The van der Waals surface area contributed by atoms with E-state index in [2.05, 4.69) is 26.9 Å². The summed E-state index contributed by atoms with van der Waals surface area (Å²) in [6.45, 7) is 3.61. The van der Waals surface area contributed by atoms with Crippen molar-refractivity contribution in [2.45, 2.75) is 6.61 Å². The molecule has 6 aromatic rings. The predicted octanol–water partition coefficient (Wildman–Crippen LogP) is 5.33. The Balaban J connectivity index is 1.24. The van der Waals surface area contributed by atoms with Crippen LogP contribution in [0.25, 0.3) is 0 Å². The van der Waals surface area contributed by atoms with Crippen LogP contribution in [-0.4, -0.2) is 22.6 Å². The van der Waals surface area contributed by atoms with Crippen LogP contribution in [0.4, 0.5) is 0 Å². The van der Waals surface area contributed by atoms with Crippen LogP contribution in [0.5, 0.6) is 0 Å². The number of rotatable bonds is 10. The van der Waals surface area contributed by atoms with E-state index in [0.29, 0.717) is 37.7 Å². The van der Waals surface area contributed by atoms with Crippen LogP contribution >= 0.6 is 14.3 Å². The molecular weight excluding hydrogens is 610 g/mol. The Morgan fingerprint density at radius 3 is 1.33 bits per heavy atom. The molecule has 7 nitrogen and oxygen atoms in total. The Bertz CT molecular complexity index is 1950. The van der Waals surface area contributed by atoms with Crippen molar-refractivity contribution in [1.82, 2.24) is 9.97 Å². The van der Waals surface area contributed by atoms with Crippen molar-refractivity contribution in [3.63, 3.8) is 0 Å². The summed E-state index contributed by atoms with van der Waals surface area (Å²) in [4.78, 5) is 9.26. The summed E-state index contributed by atoms with van der Waals surface area (Å²) in [6, 6.07) is 44.6. The predicted molar refractivity (Wildman–Crippen MR) is 188 cm³/mol. The molecule has 0 saturated carbocycles. The lowest BCUT2D eigenvalue weighted by atomic mass is 10.3. The molecule has 0 aliphatic carbocycles. The second-order valence-corrected chi connectivity index (χ2v) is 15.7. The summed E-state index contributed by atoms with van der Waals surface area (Å²) in [6.07, 6.45) is 3.24. The first kappa shape index (κ1) is 30.8. The smallest absolute Gasteiger partial charge is 0.242 e. The molecule has 0 amide bonds. The van der Waals surface area contributed by atoms with Crippen molar-refractivity contribution in [1.29, 1.82) is 0 Å². The average molecular weight is 641 g/mol. The largest absolute Gasteiger partial charge is 0.471 e. The van der Waals surface area contributed by atoms with E-state index in [1.165, 1.54) is 0 Å². The van der Waals surface area contributed by atoms with Gasteiger partial charge in [0, 0.05) is 45.9 Å². The van der Waals surface area contributed by atoms with Crippen LogP contribution in [0.3, 0.4) is 0 Å². The monoisotopic (exact) mass is 640 g/mol. The zero-order chi connectivity index (χ0) is 31.8.